The standard InChI is InChI=1S/C22H25N5O/c1-15(2)11-19(18-7-5-8-23-12-18)13-26-21(28)20-14-27(17(4)16(20)3)22-24-9-6-10-25-22/h5-10,12,14-15,19H,3-4,11,13H2,1-2H3,(H,26,28). The molecule has 0 aliphatic rings. The van der Waals surface area contributed by atoms with Crippen molar-refractivity contribution in [3.05, 3.63) is 70.9 Å². The van der Waals surface area contributed by atoms with Gasteiger partial charge in [0, 0.05) is 54.0 Å². The van der Waals surface area contributed by atoms with Crippen LogP contribution < -0.4 is 15.9 Å². The van der Waals surface area contributed by atoms with Gasteiger partial charge < -0.3 is 5.32 Å². The van der Waals surface area contributed by atoms with Gasteiger partial charge in [-0.15, -0.1) is 0 Å². The van der Waals surface area contributed by atoms with Crippen LogP contribution in [-0.2, 0) is 0 Å². The summed E-state index contributed by atoms with van der Waals surface area (Å²) in [5, 5.41) is 4.22. The lowest BCUT2D eigenvalue weighted by Gasteiger charge is -2.19. The van der Waals surface area contributed by atoms with Gasteiger partial charge in [-0.05, 0) is 30.0 Å². The molecule has 0 radical (unpaired) electrons. The van der Waals surface area contributed by atoms with Crippen LogP contribution in [0.5, 0.6) is 0 Å². The molecule has 3 heterocycles. The predicted molar refractivity (Wildman–Crippen MR) is 110 cm³/mol. The van der Waals surface area contributed by atoms with Crippen molar-refractivity contribution in [3.63, 3.8) is 0 Å². The Bertz CT molecular complexity index is 1030. The lowest BCUT2D eigenvalue weighted by atomic mass is 9.91. The summed E-state index contributed by atoms with van der Waals surface area (Å²) in [5.41, 5.74) is 1.60. The Morgan fingerprint density at radius 3 is 2.57 bits per heavy atom. The first-order chi connectivity index (χ1) is 13.5. The molecule has 3 aromatic rings. The van der Waals surface area contributed by atoms with Crippen LogP contribution in [-0.4, -0.2) is 32.0 Å². The Morgan fingerprint density at radius 1 is 1.18 bits per heavy atom. The van der Waals surface area contributed by atoms with Crippen LogP contribution in [0.15, 0.2) is 49.2 Å². The lowest BCUT2D eigenvalue weighted by Crippen LogP contribution is -2.34. The summed E-state index contributed by atoms with van der Waals surface area (Å²) in [6, 6.07) is 5.71. The number of amides is 1. The molecule has 0 aliphatic heterocycles. The van der Waals surface area contributed by atoms with E-state index in [-0.39, 0.29) is 11.8 Å². The van der Waals surface area contributed by atoms with E-state index in [1.54, 1.807) is 35.4 Å². The summed E-state index contributed by atoms with van der Waals surface area (Å²) >= 11 is 0. The Balaban J connectivity index is 1.79. The zero-order valence-corrected chi connectivity index (χ0v) is 16.3. The van der Waals surface area contributed by atoms with Gasteiger partial charge in [-0.3, -0.25) is 14.3 Å². The maximum atomic E-state index is 12.8. The van der Waals surface area contributed by atoms with Crippen LogP contribution in [0.3, 0.4) is 0 Å². The number of rotatable bonds is 7. The fraction of sp³-hybridized carbons (Fsp3) is 0.273. The molecule has 3 aromatic heterocycles. The van der Waals surface area contributed by atoms with Gasteiger partial charge in [0.15, 0.2) is 0 Å². The summed E-state index contributed by atoms with van der Waals surface area (Å²) in [7, 11) is 0. The van der Waals surface area contributed by atoms with Crippen molar-refractivity contribution in [1.29, 1.82) is 0 Å². The summed E-state index contributed by atoms with van der Waals surface area (Å²) in [6.45, 7) is 12.9. The third-order valence-corrected chi connectivity index (χ3v) is 4.66. The van der Waals surface area contributed by atoms with E-state index >= 15 is 0 Å². The van der Waals surface area contributed by atoms with E-state index in [4.69, 9.17) is 0 Å². The number of nitrogens with zero attached hydrogens (tertiary/aromatic N) is 4. The summed E-state index contributed by atoms with van der Waals surface area (Å²) in [5.74, 6) is 0.990. The van der Waals surface area contributed by atoms with E-state index in [1.807, 2.05) is 12.3 Å². The highest BCUT2D eigenvalue weighted by atomic mass is 16.1. The minimum atomic E-state index is -0.178. The van der Waals surface area contributed by atoms with E-state index in [2.05, 4.69) is 53.3 Å². The lowest BCUT2D eigenvalue weighted by molar-refractivity contribution is 0.0949. The molecular formula is C22H25N5O. The molecule has 0 saturated carbocycles. The number of pyridine rings is 1. The number of aromatic nitrogens is 4. The second kappa shape index (κ2) is 8.61. The van der Waals surface area contributed by atoms with Gasteiger partial charge in [0.25, 0.3) is 5.91 Å². The average molecular weight is 375 g/mol. The molecule has 6 nitrogen and oxygen atoms in total. The van der Waals surface area contributed by atoms with E-state index in [9.17, 15) is 4.79 Å². The molecule has 0 aliphatic carbocycles. The van der Waals surface area contributed by atoms with Crippen molar-refractivity contribution in [2.45, 2.75) is 26.2 Å². The first kappa shape index (κ1) is 19.5. The zero-order chi connectivity index (χ0) is 20.1. The van der Waals surface area contributed by atoms with Crippen molar-refractivity contribution in [2.75, 3.05) is 6.54 Å². The van der Waals surface area contributed by atoms with Crippen LogP contribution >= 0.6 is 0 Å². The summed E-state index contributed by atoms with van der Waals surface area (Å²) in [6.07, 6.45) is 9.57. The van der Waals surface area contributed by atoms with Gasteiger partial charge in [-0.2, -0.15) is 0 Å². The van der Waals surface area contributed by atoms with Crippen molar-refractivity contribution in [1.82, 2.24) is 24.8 Å². The highest BCUT2D eigenvalue weighted by Gasteiger charge is 2.17. The van der Waals surface area contributed by atoms with Crippen molar-refractivity contribution in [3.8, 4) is 5.95 Å². The molecule has 1 unspecified atom stereocenters. The Kier molecular flexibility index (Phi) is 5.99. The number of hydrogen-bond donors (Lipinski definition) is 1. The minimum Gasteiger partial charge on any atom is -0.351 e. The van der Waals surface area contributed by atoms with Gasteiger partial charge in [-0.1, -0.05) is 33.1 Å². The molecule has 144 valence electrons. The van der Waals surface area contributed by atoms with Gasteiger partial charge >= 0.3 is 0 Å². The minimum absolute atomic E-state index is 0.178. The third-order valence-electron chi connectivity index (χ3n) is 4.66. The Morgan fingerprint density at radius 2 is 1.93 bits per heavy atom. The fourth-order valence-electron chi connectivity index (χ4n) is 3.21. The van der Waals surface area contributed by atoms with E-state index in [0.717, 1.165) is 12.0 Å². The molecule has 0 saturated heterocycles. The normalized spacial score (nSPS) is 12.1. The third kappa shape index (κ3) is 4.34. The highest BCUT2D eigenvalue weighted by molar-refractivity contribution is 5.94. The number of nitrogens with one attached hydrogen (secondary N) is 1. The molecule has 1 atom stereocenters. The molecule has 1 amide bonds. The molecule has 0 spiro atoms. The largest absolute Gasteiger partial charge is 0.351 e. The monoisotopic (exact) mass is 375 g/mol. The predicted octanol–water partition coefficient (Wildman–Crippen LogP) is 2.04. The maximum absolute atomic E-state index is 12.8. The van der Waals surface area contributed by atoms with E-state index in [1.165, 1.54) is 0 Å². The zero-order valence-electron chi connectivity index (χ0n) is 16.3. The molecule has 0 bridgehead atoms. The smallest absolute Gasteiger partial charge is 0.253 e. The molecule has 0 fully saturated rings. The summed E-state index contributed by atoms with van der Waals surface area (Å²) < 4.78 is 1.68. The van der Waals surface area contributed by atoms with E-state index in [0.29, 0.717) is 34.5 Å². The van der Waals surface area contributed by atoms with Crippen molar-refractivity contribution in [2.24, 2.45) is 5.92 Å². The van der Waals surface area contributed by atoms with Crippen LogP contribution in [0.4, 0.5) is 0 Å². The fourth-order valence-corrected chi connectivity index (χ4v) is 3.21. The maximum Gasteiger partial charge on any atom is 0.253 e. The number of carbonyl (C=O) groups is 1. The molecule has 28 heavy (non-hydrogen) atoms. The van der Waals surface area contributed by atoms with Crippen molar-refractivity contribution >= 4 is 19.1 Å². The number of carbonyl (C=O) groups excluding carboxylic acids is 1. The first-order valence-electron chi connectivity index (χ1n) is 9.32. The van der Waals surface area contributed by atoms with Gasteiger partial charge in [0.1, 0.15) is 0 Å². The Hall–Kier alpha value is -3.28. The second-order valence-corrected chi connectivity index (χ2v) is 7.21. The molecular weight excluding hydrogens is 350 g/mol. The molecule has 0 aromatic carbocycles. The van der Waals surface area contributed by atoms with Gasteiger partial charge in [0.2, 0.25) is 5.95 Å². The first-order valence-corrected chi connectivity index (χ1v) is 9.32. The van der Waals surface area contributed by atoms with Crippen LogP contribution in [0, 0.1) is 5.92 Å². The topological polar surface area (TPSA) is 72.7 Å². The highest BCUT2D eigenvalue weighted by Crippen LogP contribution is 2.22. The van der Waals surface area contributed by atoms with Gasteiger partial charge in [0.05, 0.1) is 5.56 Å². The Labute approximate surface area is 164 Å². The van der Waals surface area contributed by atoms with Crippen LogP contribution in [0.25, 0.3) is 19.1 Å². The molecule has 6 heteroatoms. The molecule has 1 N–H and O–H groups in total. The van der Waals surface area contributed by atoms with Crippen LogP contribution in [0.2, 0.25) is 0 Å². The van der Waals surface area contributed by atoms with Crippen LogP contribution in [0.1, 0.15) is 42.1 Å². The van der Waals surface area contributed by atoms with Gasteiger partial charge in [-0.25, -0.2) is 9.97 Å². The summed E-state index contributed by atoms with van der Waals surface area (Å²) in [4.78, 5) is 25.5. The number of hydrogen-bond acceptors (Lipinski definition) is 4. The second-order valence-electron chi connectivity index (χ2n) is 7.21. The quantitative estimate of drug-likeness (QED) is 0.686. The van der Waals surface area contributed by atoms with E-state index < -0.39 is 0 Å². The average Bonchev–Trinajstić information content (AvgIpc) is 3.01. The van der Waals surface area contributed by atoms with Crippen molar-refractivity contribution < 1.29 is 4.79 Å². The SMILES string of the molecule is C=c1c(C(=O)NCC(CC(C)C)c2cccnc2)cn(-c2ncccn2)c1=C. The molecule has 3 rings (SSSR count).